The van der Waals surface area contributed by atoms with Crippen LogP contribution in [0.5, 0.6) is 11.5 Å². The summed E-state index contributed by atoms with van der Waals surface area (Å²) < 4.78 is 11.1. The highest BCUT2D eigenvalue weighted by molar-refractivity contribution is 5.97. The van der Waals surface area contributed by atoms with Crippen LogP contribution in [0.3, 0.4) is 0 Å². The number of hydrogen-bond donors (Lipinski definition) is 0. The molecule has 3 aliphatic rings. The predicted octanol–water partition coefficient (Wildman–Crippen LogP) is 5.52. The molecule has 2 aliphatic carbocycles. The Kier molecular flexibility index (Phi) is 6.43. The van der Waals surface area contributed by atoms with Gasteiger partial charge < -0.3 is 14.4 Å². The fraction of sp³-hybridized carbons (Fsp3) is 0.552. The summed E-state index contributed by atoms with van der Waals surface area (Å²) in [5.41, 5.74) is 2.07. The molecule has 0 N–H and O–H groups in total. The Balaban J connectivity index is 1.47. The minimum atomic E-state index is -0.147. The summed E-state index contributed by atoms with van der Waals surface area (Å²) in [6, 6.07) is 16.8. The molecule has 0 unspecified atom stereocenters. The van der Waals surface area contributed by atoms with Gasteiger partial charge in [0.2, 0.25) is 0 Å². The van der Waals surface area contributed by atoms with Crippen LogP contribution in [-0.2, 0) is 5.54 Å². The van der Waals surface area contributed by atoms with E-state index in [1.54, 1.807) is 14.2 Å². The lowest BCUT2D eigenvalue weighted by Gasteiger charge is -2.51. The average molecular weight is 478 g/mol. The van der Waals surface area contributed by atoms with Crippen LogP contribution in [0.15, 0.2) is 48.5 Å². The highest BCUT2D eigenvalue weighted by atomic mass is 16.5. The smallest absolute Gasteiger partial charge is 0.325 e. The standard InChI is InChI=1S/C29H39N3O3/c1-30(2)29(23-11-6-5-7-12-23)17-15-28(16-18-29)21-31(27(33)32(28)20-22-9-8-10-22)25-14-13-24(34-3)19-26(25)35-4/h5-7,11-14,19,22H,8-10,15-18,20-21H2,1-4H3/t28-,29+. The Morgan fingerprint density at radius 3 is 2.26 bits per heavy atom. The van der Waals surface area contributed by atoms with E-state index in [0.29, 0.717) is 18.2 Å². The van der Waals surface area contributed by atoms with Crippen molar-refractivity contribution in [2.75, 3.05) is 46.3 Å². The third-order valence-electron chi connectivity index (χ3n) is 9.01. The van der Waals surface area contributed by atoms with Gasteiger partial charge in [-0.05, 0) is 76.2 Å². The number of carbonyl (C=O) groups is 1. The third-order valence-corrected chi connectivity index (χ3v) is 9.01. The molecule has 1 heterocycles. The second-order valence-corrected chi connectivity index (χ2v) is 10.8. The van der Waals surface area contributed by atoms with E-state index < -0.39 is 0 Å². The van der Waals surface area contributed by atoms with Gasteiger partial charge in [0, 0.05) is 18.2 Å². The number of methoxy groups -OCH3 is 2. The molecule has 188 valence electrons. The Bertz CT molecular complexity index is 1040. The van der Waals surface area contributed by atoms with Gasteiger partial charge in [-0.1, -0.05) is 36.8 Å². The molecule has 0 radical (unpaired) electrons. The molecule has 35 heavy (non-hydrogen) atoms. The summed E-state index contributed by atoms with van der Waals surface area (Å²) in [7, 11) is 7.71. The number of benzene rings is 2. The maximum absolute atomic E-state index is 14.0. The molecular formula is C29H39N3O3. The van der Waals surface area contributed by atoms with E-state index in [1.165, 1.54) is 24.8 Å². The molecule has 0 aromatic heterocycles. The highest BCUT2D eigenvalue weighted by Crippen LogP contribution is 2.51. The highest BCUT2D eigenvalue weighted by Gasteiger charge is 2.55. The van der Waals surface area contributed by atoms with Gasteiger partial charge in [-0.2, -0.15) is 0 Å². The van der Waals surface area contributed by atoms with Gasteiger partial charge in [-0.25, -0.2) is 4.79 Å². The van der Waals surface area contributed by atoms with Crippen LogP contribution in [0.2, 0.25) is 0 Å². The first-order chi connectivity index (χ1) is 16.9. The maximum atomic E-state index is 14.0. The van der Waals surface area contributed by atoms with Crippen LogP contribution < -0.4 is 14.4 Å². The number of amides is 2. The normalized spacial score (nSPS) is 26.9. The van der Waals surface area contributed by atoms with Crippen molar-refractivity contribution in [3.05, 3.63) is 54.1 Å². The second-order valence-electron chi connectivity index (χ2n) is 10.8. The third kappa shape index (κ3) is 4.06. The minimum Gasteiger partial charge on any atom is -0.497 e. The zero-order chi connectivity index (χ0) is 24.6. The van der Waals surface area contributed by atoms with E-state index in [2.05, 4.69) is 54.2 Å². The first kappa shape index (κ1) is 24.0. The van der Waals surface area contributed by atoms with Crippen LogP contribution in [0, 0.1) is 5.92 Å². The van der Waals surface area contributed by atoms with Crippen molar-refractivity contribution in [3.8, 4) is 11.5 Å². The van der Waals surface area contributed by atoms with E-state index >= 15 is 0 Å². The molecule has 2 amide bonds. The molecule has 1 saturated heterocycles. The molecule has 2 aromatic rings. The predicted molar refractivity (Wildman–Crippen MR) is 139 cm³/mol. The van der Waals surface area contributed by atoms with Crippen LogP contribution in [0.25, 0.3) is 0 Å². The first-order valence-electron chi connectivity index (χ1n) is 13.0. The summed E-state index contributed by atoms with van der Waals surface area (Å²) in [6.07, 6.45) is 7.81. The van der Waals surface area contributed by atoms with Gasteiger partial charge in [0.15, 0.2) is 0 Å². The molecule has 0 atom stereocenters. The lowest BCUT2D eigenvalue weighted by Crippen LogP contribution is -2.56. The topological polar surface area (TPSA) is 45.2 Å². The summed E-state index contributed by atoms with van der Waals surface area (Å²) in [5, 5.41) is 0. The molecule has 2 aromatic carbocycles. The number of hydrogen-bond acceptors (Lipinski definition) is 4. The van der Waals surface area contributed by atoms with E-state index in [-0.39, 0.29) is 17.1 Å². The zero-order valence-electron chi connectivity index (χ0n) is 21.6. The van der Waals surface area contributed by atoms with Crippen LogP contribution >= 0.6 is 0 Å². The van der Waals surface area contributed by atoms with Crippen LogP contribution in [0.4, 0.5) is 10.5 Å². The number of nitrogens with zero attached hydrogens (tertiary/aromatic N) is 3. The van der Waals surface area contributed by atoms with Crippen LogP contribution in [0.1, 0.15) is 50.5 Å². The monoisotopic (exact) mass is 477 g/mol. The van der Waals surface area contributed by atoms with Crippen molar-refractivity contribution < 1.29 is 14.3 Å². The van der Waals surface area contributed by atoms with Gasteiger partial charge in [-0.15, -0.1) is 0 Å². The Labute approximate surface area is 209 Å². The quantitative estimate of drug-likeness (QED) is 0.527. The zero-order valence-corrected chi connectivity index (χ0v) is 21.6. The molecule has 6 nitrogen and oxygen atoms in total. The molecule has 6 heteroatoms. The molecule has 1 spiro atoms. The largest absolute Gasteiger partial charge is 0.497 e. The summed E-state index contributed by atoms with van der Waals surface area (Å²) in [5.74, 6) is 2.04. The lowest BCUT2D eigenvalue weighted by molar-refractivity contribution is 0.0172. The maximum Gasteiger partial charge on any atom is 0.325 e. The molecule has 2 saturated carbocycles. The molecule has 0 bridgehead atoms. The summed E-state index contributed by atoms with van der Waals surface area (Å²) in [6.45, 7) is 1.58. The Morgan fingerprint density at radius 1 is 0.971 bits per heavy atom. The summed E-state index contributed by atoms with van der Waals surface area (Å²) in [4.78, 5) is 20.6. The molecule has 3 fully saturated rings. The van der Waals surface area contributed by atoms with Crippen molar-refractivity contribution in [1.29, 1.82) is 0 Å². The lowest BCUT2D eigenvalue weighted by atomic mass is 9.68. The van der Waals surface area contributed by atoms with Crippen molar-refractivity contribution in [2.45, 2.75) is 56.0 Å². The minimum absolute atomic E-state index is 0.00290. The number of urea groups is 1. The van der Waals surface area contributed by atoms with Crippen molar-refractivity contribution in [1.82, 2.24) is 9.80 Å². The number of rotatable bonds is 7. The second kappa shape index (κ2) is 9.38. The fourth-order valence-corrected chi connectivity index (χ4v) is 6.50. The van der Waals surface area contributed by atoms with Crippen molar-refractivity contribution in [2.24, 2.45) is 5.92 Å². The number of anilines is 1. The Morgan fingerprint density at radius 2 is 1.69 bits per heavy atom. The average Bonchev–Trinajstić information content (AvgIpc) is 3.12. The van der Waals surface area contributed by atoms with Gasteiger partial charge in [0.05, 0.1) is 32.0 Å². The Hall–Kier alpha value is -2.73. The van der Waals surface area contributed by atoms with Gasteiger partial charge >= 0.3 is 6.03 Å². The van der Waals surface area contributed by atoms with Gasteiger partial charge in [0.25, 0.3) is 0 Å². The van der Waals surface area contributed by atoms with Gasteiger partial charge in [-0.3, -0.25) is 9.80 Å². The van der Waals surface area contributed by atoms with Crippen molar-refractivity contribution in [3.63, 3.8) is 0 Å². The number of carbonyl (C=O) groups excluding carboxylic acids is 1. The van der Waals surface area contributed by atoms with Crippen LogP contribution in [-0.4, -0.2) is 62.8 Å². The summed E-state index contributed by atoms with van der Waals surface area (Å²) >= 11 is 0. The molecular weight excluding hydrogens is 438 g/mol. The van der Waals surface area contributed by atoms with Crippen molar-refractivity contribution >= 4 is 11.7 Å². The molecule has 1 aliphatic heterocycles. The van der Waals surface area contributed by atoms with E-state index in [0.717, 1.165) is 43.7 Å². The van der Waals surface area contributed by atoms with E-state index in [4.69, 9.17) is 9.47 Å². The fourth-order valence-electron chi connectivity index (χ4n) is 6.50. The van der Waals surface area contributed by atoms with Gasteiger partial charge in [0.1, 0.15) is 11.5 Å². The first-order valence-corrected chi connectivity index (χ1v) is 13.0. The number of ether oxygens (including phenoxy) is 2. The SMILES string of the molecule is COc1ccc(N2C[C@]3(CC[C@](c4ccccc4)(N(C)C)CC3)N(CC3CCC3)C2=O)c(OC)c1. The van der Waals surface area contributed by atoms with E-state index in [9.17, 15) is 4.79 Å². The molecule has 5 rings (SSSR count). The van der Waals surface area contributed by atoms with E-state index in [1.807, 2.05) is 23.1 Å².